The zero-order valence-electron chi connectivity index (χ0n) is 13.8. The molecule has 0 rings (SSSR count). The topological polar surface area (TPSA) is 46.2 Å². The van der Waals surface area contributed by atoms with E-state index in [1.165, 1.54) is 0 Å². The number of sulfone groups is 1. The van der Waals surface area contributed by atoms with Crippen molar-refractivity contribution in [2.75, 3.05) is 12.3 Å². The first-order chi connectivity index (χ1) is 8.45. The molecule has 0 aromatic carbocycles. The summed E-state index contributed by atoms with van der Waals surface area (Å²) in [5, 5.41) is 3.43. The van der Waals surface area contributed by atoms with Crippen molar-refractivity contribution < 1.29 is 8.42 Å². The first-order valence-electron chi connectivity index (χ1n) is 7.41. The lowest BCUT2D eigenvalue weighted by molar-refractivity contribution is 0.365. The van der Waals surface area contributed by atoms with E-state index in [1.54, 1.807) is 20.8 Å². The molecule has 0 heterocycles. The number of rotatable bonds is 8. The molecule has 0 aliphatic heterocycles. The SMILES string of the molecule is CC(C)CC(CCS(=O)(=O)C(C)(C)C)CNC(C)C. The predicted octanol–water partition coefficient (Wildman–Crippen LogP) is 3.25. The second kappa shape index (κ2) is 7.63. The summed E-state index contributed by atoms with van der Waals surface area (Å²) in [6.07, 6.45) is 1.84. The first kappa shape index (κ1) is 18.9. The number of nitrogens with one attached hydrogen (secondary N) is 1. The molecule has 0 aromatic rings. The Hall–Kier alpha value is -0.0900. The fraction of sp³-hybridized carbons (Fsp3) is 1.00. The molecule has 1 unspecified atom stereocenters. The molecule has 4 heteroatoms. The van der Waals surface area contributed by atoms with Crippen molar-refractivity contribution in [2.24, 2.45) is 11.8 Å². The minimum absolute atomic E-state index is 0.299. The number of hydrogen-bond donors (Lipinski definition) is 1. The molecule has 116 valence electrons. The zero-order valence-corrected chi connectivity index (χ0v) is 14.6. The monoisotopic (exact) mass is 291 g/mol. The fourth-order valence-corrected chi connectivity index (χ4v) is 3.26. The van der Waals surface area contributed by atoms with Crippen molar-refractivity contribution in [1.82, 2.24) is 5.32 Å². The molecule has 0 aromatic heterocycles. The van der Waals surface area contributed by atoms with Crippen molar-refractivity contribution in [3.05, 3.63) is 0 Å². The average Bonchev–Trinajstić information content (AvgIpc) is 2.19. The summed E-state index contributed by atoms with van der Waals surface area (Å²) in [7, 11) is -2.99. The molecule has 0 aliphatic rings. The van der Waals surface area contributed by atoms with E-state index in [-0.39, 0.29) is 0 Å². The van der Waals surface area contributed by atoms with Crippen LogP contribution in [0.1, 0.15) is 61.3 Å². The maximum Gasteiger partial charge on any atom is 0.155 e. The summed E-state index contributed by atoms with van der Waals surface area (Å²) >= 11 is 0. The van der Waals surface area contributed by atoms with Crippen LogP contribution in [0.2, 0.25) is 0 Å². The molecule has 0 fully saturated rings. The van der Waals surface area contributed by atoms with Crippen LogP contribution in [0.15, 0.2) is 0 Å². The van der Waals surface area contributed by atoms with E-state index < -0.39 is 14.6 Å². The largest absolute Gasteiger partial charge is 0.314 e. The quantitative estimate of drug-likeness (QED) is 0.746. The molecule has 1 atom stereocenters. The maximum atomic E-state index is 12.2. The van der Waals surface area contributed by atoms with Gasteiger partial charge in [0.2, 0.25) is 0 Å². The molecule has 0 spiro atoms. The smallest absolute Gasteiger partial charge is 0.155 e. The van der Waals surface area contributed by atoms with Gasteiger partial charge >= 0.3 is 0 Å². The fourth-order valence-electron chi connectivity index (χ4n) is 2.00. The Balaban J connectivity index is 4.49. The van der Waals surface area contributed by atoms with Gasteiger partial charge in [-0.3, -0.25) is 0 Å². The lowest BCUT2D eigenvalue weighted by Gasteiger charge is -2.24. The maximum absolute atomic E-state index is 12.2. The summed E-state index contributed by atoms with van der Waals surface area (Å²) < 4.78 is 23.7. The summed E-state index contributed by atoms with van der Waals surface area (Å²) in [6, 6.07) is 0.453. The first-order valence-corrected chi connectivity index (χ1v) is 9.06. The molecule has 19 heavy (non-hydrogen) atoms. The van der Waals surface area contributed by atoms with Gasteiger partial charge in [-0.1, -0.05) is 27.7 Å². The highest BCUT2D eigenvalue weighted by molar-refractivity contribution is 7.92. The highest BCUT2D eigenvalue weighted by Gasteiger charge is 2.29. The summed E-state index contributed by atoms with van der Waals surface area (Å²) in [4.78, 5) is 0. The van der Waals surface area contributed by atoms with Gasteiger partial charge in [0.25, 0.3) is 0 Å². The molecular formula is C15H33NO2S. The summed E-state index contributed by atoms with van der Waals surface area (Å²) in [6.45, 7) is 14.9. The van der Waals surface area contributed by atoms with Crippen molar-refractivity contribution in [3.8, 4) is 0 Å². The lowest BCUT2D eigenvalue weighted by Crippen LogP contribution is -2.34. The molecule has 0 aliphatic carbocycles. The van der Waals surface area contributed by atoms with Crippen molar-refractivity contribution >= 4 is 9.84 Å². The Morgan fingerprint density at radius 2 is 1.58 bits per heavy atom. The third-order valence-corrected chi connectivity index (χ3v) is 5.99. The highest BCUT2D eigenvalue weighted by atomic mass is 32.2. The van der Waals surface area contributed by atoms with Crippen molar-refractivity contribution in [1.29, 1.82) is 0 Å². The van der Waals surface area contributed by atoms with Crippen LogP contribution in [0.4, 0.5) is 0 Å². The van der Waals surface area contributed by atoms with Gasteiger partial charge < -0.3 is 5.32 Å². The molecule has 1 N–H and O–H groups in total. The van der Waals surface area contributed by atoms with E-state index >= 15 is 0 Å². The van der Waals surface area contributed by atoms with E-state index in [0.717, 1.165) is 19.4 Å². The zero-order chi connectivity index (χ0) is 15.3. The summed E-state index contributed by atoms with van der Waals surface area (Å²) in [5.74, 6) is 1.35. The van der Waals surface area contributed by atoms with Crippen LogP contribution < -0.4 is 5.32 Å². The van der Waals surface area contributed by atoms with Crippen LogP contribution in [0.5, 0.6) is 0 Å². The Bertz CT molecular complexity index is 340. The standard InChI is InChI=1S/C15H33NO2S/c1-12(2)10-14(11-16-13(3)4)8-9-19(17,18)15(5,6)7/h12-14,16H,8-11H2,1-7H3. The van der Waals surface area contributed by atoms with Gasteiger partial charge in [-0.15, -0.1) is 0 Å². The van der Waals surface area contributed by atoms with Gasteiger partial charge in [0.05, 0.1) is 10.5 Å². The number of hydrogen-bond acceptors (Lipinski definition) is 3. The van der Waals surface area contributed by atoms with Crippen molar-refractivity contribution in [2.45, 2.75) is 72.1 Å². The average molecular weight is 292 g/mol. The van der Waals surface area contributed by atoms with E-state index in [1.807, 2.05) is 0 Å². The third-order valence-electron chi connectivity index (χ3n) is 3.35. The van der Waals surface area contributed by atoms with Gasteiger partial charge in [-0.2, -0.15) is 0 Å². The van der Waals surface area contributed by atoms with Crippen LogP contribution in [-0.4, -0.2) is 31.5 Å². The van der Waals surface area contributed by atoms with Gasteiger partial charge in [0.15, 0.2) is 9.84 Å². The van der Waals surface area contributed by atoms with Crippen molar-refractivity contribution in [3.63, 3.8) is 0 Å². The predicted molar refractivity (Wildman–Crippen MR) is 84.2 cm³/mol. The van der Waals surface area contributed by atoms with Gasteiger partial charge in [0.1, 0.15) is 0 Å². The van der Waals surface area contributed by atoms with Gasteiger partial charge in [-0.05, 0) is 52.0 Å². The normalized spacial score (nSPS) is 15.2. The minimum atomic E-state index is -2.99. The third kappa shape index (κ3) is 7.93. The minimum Gasteiger partial charge on any atom is -0.314 e. The molecule has 0 saturated heterocycles. The van der Waals surface area contributed by atoms with Gasteiger partial charge in [-0.25, -0.2) is 8.42 Å². The lowest BCUT2D eigenvalue weighted by atomic mass is 9.94. The van der Waals surface area contributed by atoms with Crippen LogP contribution in [0.25, 0.3) is 0 Å². The molecule has 0 amide bonds. The molecular weight excluding hydrogens is 258 g/mol. The van der Waals surface area contributed by atoms with Crippen LogP contribution in [-0.2, 0) is 9.84 Å². The van der Waals surface area contributed by atoms with E-state index in [4.69, 9.17) is 0 Å². The Labute approximate surface area is 120 Å². The molecule has 0 radical (unpaired) electrons. The molecule has 3 nitrogen and oxygen atoms in total. The van der Waals surface area contributed by atoms with Crippen LogP contribution in [0.3, 0.4) is 0 Å². The molecule has 0 bridgehead atoms. The van der Waals surface area contributed by atoms with E-state index in [9.17, 15) is 8.42 Å². The summed E-state index contributed by atoms with van der Waals surface area (Å²) in [5.41, 5.74) is 0. The second-order valence-corrected chi connectivity index (χ2v) is 10.1. The Morgan fingerprint density at radius 3 is 1.95 bits per heavy atom. The van der Waals surface area contributed by atoms with Crippen LogP contribution >= 0.6 is 0 Å². The highest BCUT2D eigenvalue weighted by Crippen LogP contribution is 2.21. The van der Waals surface area contributed by atoms with Crippen LogP contribution in [0, 0.1) is 11.8 Å². The van der Waals surface area contributed by atoms with E-state index in [0.29, 0.717) is 23.6 Å². The second-order valence-electron chi connectivity index (χ2n) is 7.28. The Morgan fingerprint density at radius 1 is 1.05 bits per heavy atom. The van der Waals surface area contributed by atoms with E-state index in [2.05, 4.69) is 33.0 Å². The molecule has 0 saturated carbocycles. The Kier molecular flexibility index (Phi) is 7.59. The van der Waals surface area contributed by atoms with Gasteiger partial charge in [0, 0.05) is 6.04 Å².